The third-order valence-electron chi connectivity index (χ3n) is 5.27. The molecular weight excluding hydrogens is 258 g/mol. The molecule has 1 aromatic rings. The zero-order chi connectivity index (χ0) is 15.3. The highest BCUT2D eigenvalue weighted by Crippen LogP contribution is 2.35. The van der Waals surface area contributed by atoms with Crippen molar-refractivity contribution in [3.8, 4) is 0 Å². The quantitative estimate of drug-likeness (QED) is 0.497. The van der Waals surface area contributed by atoms with Gasteiger partial charge >= 0.3 is 0 Å². The van der Waals surface area contributed by atoms with Crippen LogP contribution in [0.4, 0.5) is 0 Å². The molecule has 118 valence electrons. The first kappa shape index (κ1) is 16.5. The van der Waals surface area contributed by atoms with Crippen molar-refractivity contribution in [3.63, 3.8) is 0 Å². The average Bonchev–Trinajstić information content (AvgIpc) is 2.73. The predicted molar refractivity (Wildman–Crippen MR) is 90.1 cm³/mol. The van der Waals surface area contributed by atoms with E-state index in [9.17, 15) is 0 Å². The summed E-state index contributed by atoms with van der Waals surface area (Å²) < 4.78 is 0. The summed E-state index contributed by atoms with van der Waals surface area (Å²) in [6.45, 7) is 2.13. The SMILES string of the molecule is Cc1ccc(CC(NN)C2(N(C)C)CCCCCC2)cc1. The molecule has 1 aliphatic carbocycles. The third-order valence-corrected chi connectivity index (χ3v) is 5.27. The Kier molecular flexibility index (Phi) is 5.80. The molecule has 21 heavy (non-hydrogen) atoms. The molecule has 1 aromatic carbocycles. The molecule has 0 spiro atoms. The molecule has 2 rings (SSSR count). The van der Waals surface area contributed by atoms with Crippen molar-refractivity contribution in [3.05, 3.63) is 35.4 Å². The number of aryl methyl sites for hydroxylation is 1. The van der Waals surface area contributed by atoms with E-state index in [-0.39, 0.29) is 5.54 Å². The number of nitrogens with zero attached hydrogens (tertiary/aromatic N) is 1. The van der Waals surface area contributed by atoms with E-state index in [1.807, 2.05) is 0 Å². The monoisotopic (exact) mass is 289 g/mol. The highest BCUT2D eigenvalue weighted by atomic mass is 15.3. The van der Waals surface area contributed by atoms with Crippen molar-refractivity contribution in [1.29, 1.82) is 0 Å². The molecule has 1 unspecified atom stereocenters. The van der Waals surface area contributed by atoms with Crippen molar-refractivity contribution < 1.29 is 0 Å². The van der Waals surface area contributed by atoms with Gasteiger partial charge in [0.15, 0.2) is 0 Å². The van der Waals surface area contributed by atoms with E-state index in [1.165, 1.54) is 49.7 Å². The van der Waals surface area contributed by atoms with Crippen LogP contribution in [0.25, 0.3) is 0 Å². The van der Waals surface area contributed by atoms with Crippen molar-refractivity contribution in [2.45, 2.75) is 63.5 Å². The van der Waals surface area contributed by atoms with Gasteiger partial charge in [-0.05, 0) is 45.8 Å². The Labute approximate surface area is 129 Å². The Morgan fingerprint density at radius 2 is 1.67 bits per heavy atom. The van der Waals surface area contributed by atoms with Crippen LogP contribution in [0.3, 0.4) is 0 Å². The van der Waals surface area contributed by atoms with Gasteiger partial charge < -0.3 is 4.90 Å². The summed E-state index contributed by atoms with van der Waals surface area (Å²) in [5.41, 5.74) is 6.00. The fraction of sp³-hybridized carbons (Fsp3) is 0.667. The number of likely N-dealkylation sites (N-methyl/N-ethyl adjacent to an activating group) is 1. The first-order valence-electron chi connectivity index (χ1n) is 8.27. The first-order chi connectivity index (χ1) is 10.1. The van der Waals surface area contributed by atoms with Crippen LogP contribution in [0, 0.1) is 6.92 Å². The second-order valence-electron chi connectivity index (χ2n) is 6.82. The lowest BCUT2D eigenvalue weighted by molar-refractivity contribution is 0.0802. The van der Waals surface area contributed by atoms with Crippen LogP contribution in [0.1, 0.15) is 49.7 Å². The largest absolute Gasteiger partial charge is 0.302 e. The first-order valence-corrected chi connectivity index (χ1v) is 8.27. The molecule has 0 saturated heterocycles. The van der Waals surface area contributed by atoms with E-state index in [4.69, 9.17) is 5.84 Å². The lowest BCUT2D eigenvalue weighted by Crippen LogP contribution is -2.61. The molecule has 3 heteroatoms. The van der Waals surface area contributed by atoms with Gasteiger partial charge in [0.05, 0.1) is 0 Å². The number of hydrogen-bond acceptors (Lipinski definition) is 3. The summed E-state index contributed by atoms with van der Waals surface area (Å²) in [6.07, 6.45) is 8.81. The summed E-state index contributed by atoms with van der Waals surface area (Å²) in [5, 5.41) is 0. The average molecular weight is 289 g/mol. The van der Waals surface area contributed by atoms with Crippen LogP contribution in [-0.2, 0) is 6.42 Å². The number of nitrogens with one attached hydrogen (secondary N) is 1. The summed E-state index contributed by atoms with van der Waals surface area (Å²) in [5.74, 6) is 5.98. The van der Waals surface area contributed by atoms with Crippen LogP contribution in [-0.4, -0.2) is 30.6 Å². The Balaban J connectivity index is 2.20. The van der Waals surface area contributed by atoms with E-state index in [0.717, 1.165) is 6.42 Å². The van der Waals surface area contributed by atoms with E-state index < -0.39 is 0 Å². The van der Waals surface area contributed by atoms with E-state index in [0.29, 0.717) is 6.04 Å². The van der Waals surface area contributed by atoms with Gasteiger partial charge in [0.2, 0.25) is 0 Å². The van der Waals surface area contributed by atoms with Gasteiger partial charge in [-0.25, -0.2) is 0 Å². The molecule has 0 heterocycles. The molecule has 1 aliphatic rings. The van der Waals surface area contributed by atoms with Crippen molar-refractivity contribution >= 4 is 0 Å². The van der Waals surface area contributed by atoms with Gasteiger partial charge in [-0.3, -0.25) is 11.3 Å². The predicted octanol–water partition coefficient (Wildman–Crippen LogP) is 3.02. The second kappa shape index (κ2) is 7.39. The van der Waals surface area contributed by atoms with Gasteiger partial charge in [-0.1, -0.05) is 55.5 Å². The zero-order valence-electron chi connectivity index (χ0n) is 13.9. The standard InChI is InChI=1S/C18H31N3/c1-15-8-10-16(11-9-15)14-17(20-19)18(21(2)3)12-6-4-5-7-13-18/h8-11,17,20H,4-7,12-14,19H2,1-3H3. The smallest absolute Gasteiger partial charge is 0.0434 e. The highest BCUT2D eigenvalue weighted by Gasteiger charge is 2.40. The van der Waals surface area contributed by atoms with Gasteiger partial charge in [0.1, 0.15) is 0 Å². The molecule has 1 atom stereocenters. The molecule has 0 radical (unpaired) electrons. The lowest BCUT2D eigenvalue weighted by atomic mass is 9.79. The molecule has 0 amide bonds. The molecule has 0 aromatic heterocycles. The minimum atomic E-state index is 0.177. The maximum Gasteiger partial charge on any atom is 0.0434 e. The topological polar surface area (TPSA) is 41.3 Å². The third kappa shape index (κ3) is 3.85. The summed E-state index contributed by atoms with van der Waals surface area (Å²) >= 11 is 0. The maximum atomic E-state index is 5.98. The van der Waals surface area contributed by atoms with Gasteiger partial charge in [-0.2, -0.15) is 0 Å². The minimum absolute atomic E-state index is 0.177. The Bertz CT molecular complexity index is 417. The van der Waals surface area contributed by atoms with E-state index in [1.54, 1.807) is 0 Å². The van der Waals surface area contributed by atoms with Crippen LogP contribution >= 0.6 is 0 Å². The van der Waals surface area contributed by atoms with Gasteiger partial charge in [0.25, 0.3) is 0 Å². The molecular formula is C18H31N3. The van der Waals surface area contributed by atoms with Crippen molar-refractivity contribution in [2.24, 2.45) is 5.84 Å². The Hall–Kier alpha value is -0.900. The summed E-state index contributed by atoms with van der Waals surface area (Å²) in [6, 6.07) is 9.16. The molecule has 1 saturated carbocycles. The second-order valence-corrected chi connectivity index (χ2v) is 6.82. The molecule has 1 fully saturated rings. The number of hydrogen-bond donors (Lipinski definition) is 2. The summed E-state index contributed by atoms with van der Waals surface area (Å²) in [4.78, 5) is 2.41. The molecule has 0 aliphatic heterocycles. The number of nitrogens with two attached hydrogens (primary N) is 1. The molecule has 3 N–H and O–H groups in total. The zero-order valence-corrected chi connectivity index (χ0v) is 13.9. The molecule has 3 nitrogen and oxygen atoms in total. The normalized spacial score (nSPS) is 20.2. The number of benzene rings is 1. The van der Waals surface area contributed by atoms with E-state index >= 15 is 0 Å². The lowest BCUT2D eigenvalue weighted by Gasteiger charge is -2.45. The Morgan fingerprint density at radius 1 is 1.10 bits per heavy atom. The number of hydrazine groups is 1. The van der Waals surface area contributed by atoms with Crippen molar-refractivity contribution in [1.82, 2.24) is 10.3 Å². The van der Waals surface area contributed by atoms with Crippen LogP contribution in [0.15, 0.2) is 24.3 Å². The van der Waals surface area contributed by atoms with E-state index in [2.05, 4.69) is 55.6 Å². The van der Waals surface area contributed by atoms with Crippen LogP contribution in [0.5, 0.6) is 0 Å². The van der Waals surface area contributed by atoms with Gasteiger partial charge in [0, 0.05) is 11.6 Å². The summed E-state index contributed by atoms with van der Waals surface area (Å²) in [7, 11) is 4.43. The highest BCUT2D eigenvalue weighted by molar-refractivity contribution is 5.23. The number of rotatable bonds is 5. The maximum absolute atomic E-state index is 5.98. The molecule has 0 bridgehead atoms. The van der Waals surface area contributed by atoms with Crippen LogP contribution in [0.2, 0.25) is 0 Å². The van der Waals surface area contributed by atoms with Crippen LogP contribution < -0.4 is 11.3 Å². The Morgan fingerprint density at radius 3 is 2.14 bits per heavy atom. The fourth-order valence-electron chi connectivity index (χ4n) is 3.81. The minimum Gasteiger partial charge on any atom is -0.302 e. The van der Waals surface area contributed by atoms with Gasteiger partial charge in [-0.15, -0.1) is 0 Å². The van der Waals surface area contributed by atoms with Crippen molar-refractivity contribution in [2.75, 3.05) is 14.1 Å². The fourth-order valence-corrected chi connectivity index (χ4v) is 3.81.